The van der Waals surface area contributed by atoms with E-state index in [4.69, 9.17) is 5.11 Å². The Morgan fingerprint density at radius 2 is 1.86 bits per heavy atom. The first-order chi connectivity index (χ1) is 10.5. The summed E-state index contributed by atoms with van der Waals surface area (Å²) in [5.41, 5.74) is 0. The maximum absolute atomic E-state index is 11.9. The number of nitrogens with zero attached hydrogens (tertiary/aromatic N) is 1. The Hall–Kier alpha value is -1.63. The molecule has 22 heavy (non-hydrogen) atoms. The highest BCUT2D eigenvalue weighted by Gasteiger charge is 2.32. The summed E-state index contributed by atoms with van der Waals surface area (Å²) in [6.07, 6.45) is 5.62. The summed E-state index contributed by atoms with van der Waals surface area (Å²) in [5, 5.41) is 14.2. The van der Waals surface area contributed by atoms with Gasteiger partial charge in [-0.15, -0.1) is 0 Å². The maximum atomic E-state index is 11.9. The molecule has 1 saturated carbocycles. The molecule has 0 aromatic heterocycles. The van der Waals surface area contributed by atoms with E-state index >= 15 is 0 Å². The number of carboxylic acid groups (broad SMARTS) is 1. The normalized spacial score (nSPS) is 29.0. The summed E-state index contributed by atoms with van der Waals surface area (Å²) in [6.45, 7) is 2.63. The third-order valence-corrected chi connectivity index (χ3v) is 4.68. The van der Waals surface area contributed by atoms with Crippen molar-refractivity contribution in [2.75, 3.05) is 13.1 Å². The van der Waals surface area contributed by atoms with E-state index in [-0.39, 0.29) is 12.6 Å². The van der Waals surface area contributed by atoms with Crippen LogP contribution in [0.5, 0.6) is 0 Å². The lowest BCUT2D eigenvalue weighted by molar-refractivity contribution is -0.142. The van der Waals surface area contributed by atoms with Crippen molar-refractivity contribution in [2.24, 2.45) is 5.92 Å². The number of carbonyl (C=O) groups is 3. The predicted molar refractivity (Wildman–Crippen MR) is 80.3 cm³/mol. The minimum atomic E-state index is -0.911. The van der Waals surface area contributed by atoms with Gasteiger partial charge in [-0.05, 0) is 38.1 Å². The van der Waals surface area contributed by atoms with Crippen molar-refractivity contribution in [3.63, 3.8) is 0 Å². The molecule has 2 aliphatic rings. The second kappa shape index (κ2) is 7.58. The van der Waals surface area contributed by atoms with Gasteiger partial charge in [-0.25, -0.2) is 4.79 Å². The van der Waals surface area contributed by atoms with Gasteiger partial charge < -0.3 is 10.4 Å². The van der Waals surface area contributed by atoms with Crippen LogP contribution in [0.25, 0.3) is 0 Å². The lowest BCUT2D eigenvalue weighted by atomic mass is 9.86. The maximum Gasteiger partial charge on any atom is 0.321 e. The van der Waals surface area contributed by atoms with E-state index in [9.17, 15) is 14.4 Å². The summed E-state index contributed by atoms with van der Waals surface area (Å²) in [7, 11) is 0. The molecule has 1 heterocycles. The van der Waals surface area contributed by atoms with E-state index in [1.165, 1.54) is 6.42 Å². The molecule has 7 heteroatoms. The molecule has 2 rings (SSSR count). The molecule has 0 spiro atoms. The van der Waals surface area contributed by atoms with Crippen molar-refractivity contribution in [1.82, 2.24) is 15.5 Å². The summed E-state index contributed by atoms with van der Waals surface area (Å²) in [6, 6.07) is -0.984. The van der Waals surface area contributed by atoms with Gasteiger partial charge in [-0.2, -0.15) is 0 Å². The molecule has 0 aromatic rings. The van der Waals surface area contributed by atoms with Gasteiger partial charge in [0.1, 0.15) is 6.04 Å². The number of hydrogen-bond donors (Lipinski definition) is 3. The van der Waals surface area contributed by atoms with Crippen molar-refractivity contribution in [1.29, 1.82) is 0 Å². The highest BCUT2D eigenvalue weighted by atomic mass is 16.4. The molecule has 1 aliphatic carbocycles. The molecule has 3 unspecified atom stereocenters. The van der Waals surface area contributed by atoms with Gasteiger partial charge >= 0.3 is 12.0 Å². The van der Waals surface area contributed by atoms with Crippen LogP contribution in [0.4, 0.5) is 4.79 Å². The third-order valence-electron chi connectivity index (χ3n) is 4.68. The van der Waals surface area contributed by atoms with Crippen molar-refractivity contribution >= 4 is 17.9 Å². The molecule has 1 aliphatic heterocycles. The number of nitrogens with one attached hydrogen (secondary N) is 2. The smallest absolute Gasteiger partial charge is 0.321 e. The number of aliphatic carboxylic acids is 1. The van der Waals surface area contributed by atoms with Crippen LogP contribution >= 0.6 is 0 Å². The summed E-state index contributed by atoms with van der Waals surface area (Å²) < 4.78 is 0. The first-order valence-electron chi connectivity index (χ1n) is 8.04. The van der Waals surface area contributed by atoms with Crippen molar-refractivity contribution in [3.05, 3.63) is 0 Å². The fourth-order valence-corrected chi connectivity index (χ4v) is 3.38. The highest BCUT2D eigenvalue weighted by molar-refractivity contribution is 5.95. The molecule has 3 atom stereocenters. The van der Waals surface area contributed by atoms with E-state index < -0.39 is 23.9 Å². The molecule has 7 nitrogen and oxygen atoms in total. The van der Waals surface area contributed by atoms with Gasteiger partial charge in [0.25, 0.3) is 0 Å². The molecule has 1 saturated heterocycles. The zero-order chi connectivity index (χ0) is 16.1. The number of carboxylic acids is 1. The summed E-state index contributed by atoms with van der Waals surface area (Å²) in [4.78, 5) is 36.4. The Morgan fingerprint density at radius 3 is 2.55 bits per heavy atom. The Morgan fingerprint density at radius 1 is 1.14 bits per heavy atom. The van der Waals surface area contributed by atoms with Crippen LogP contribution < -0.4 is 10.6 Å². The van der Waals surface area contributed by atoms with Gasteiger partial charge in [-0.1, -0.05) is 19.8 Å². The van der Waals surface area contributed by atoms with E-state index in [1.54, 1.807) is 4.90 Å². The number of rotatable bonds is 4. The van der Waals surface area contributed by atoms with Crippen LogP contribution in [-0.2, 0) is 9.59 Å². The van der Waals surface area contributed by atoms with Crippen LogP contribution in [0.1, 0.15) is 45.4 Å². The van der Waals surface area contributed by atoms with Gasteiger partial charge in [0, 0.05) is 6.04 Å². The second-order valence-electron chi connectivity index (χ2n) is 6.36. The average molecular weight is 311 g/mol. The predicted octanol–water partition coefficient (Wildman–Crippen LogP) is 0.940. The minimum Gasteiger partial charge on any atom is -0.480 e. The van der Waals surface area contributed by atoms with Gasteiger partial charge in [-0.3, -0.25) is 19.8 Å². The molecule has 0 bridgehead atoms. The highest BCUT2D eigenvalue weighted by Crippen LogP contribution is 2.23. The fourth-order valence-electron chi connectivity index (χ4n) is 3.38. The number of hydrogen-bond acceptors (Lipinski definition) is 4. The first kappa shape index (κ1) is 16.7. The fraction of sp³-hybridized carbons (Fsp3) is 0.800. The Labute approximate surface area is 130 Å². The molecule has 0 aromatic carbocycles. The number of carbonyl (C=O) groups excluding carboxylic acids is 2. The zero-order valence-electron chi connectivity index (χ0n) is 13.0. The number of urea groups is 1. The lowest BCUT2D eigenvalue weighted by Crippen LogP contribution is -2.50. The molecule has 0 radical (unpaired) electrons. The van der Waals surface area contributed by atoms with Crippen LogP contribution in [0, 0.1) is 5.92 Å². The number of amides is 3. The van der Waals surface area contributed by atoms with Crippen molar-refractivity contribution < 1.29 is 19.5 Å². The van der Waals surface area contributed by atoms with E-state index in [2.05, 4.69) is 17.6 Å². The lowest BCUT2D eigenvalue weighted by Gasteiger charge is -2.29. The van der Waals surface area contributed by atoms with E-state index in [0.717, 1.165) is 25.7 Å². The monoisotopic (exact) mass is 311 g/mol. The topological polar surface area (TPSA) is 98.7 Å². The van der Waals surface area contributed by atoms with Crippen LogP contribution in [0.3, 0.4) is 0 Å². The number of imide groups is 1. The quantitative estimate of drug-likeness (QED) is 0.717. The first-order valence-corrected chi connectivity index (χ1v) is 8.04. The number of likely N-dealkylation sites (tertiary alicyclic amines) is 1. The van der Waals surface area contributed by atoms with E-state index in [1.807, 2.05) is 0 Å². The summed E-state index contributed by atoms with van der Waals surface area (Å²) >= 11 is 0. The molecule has 124 valence electrons. The Kier molecular flexibility index (Phi) is 5.76. The SMILES string of the molecule is CC1CCCCC1NC(=O)NC(=O)CN1CCCC1C(=O)O. The Bertz CT molecular complexity index is 441. The van der Waals surface area contributed by atoms with Crippen LogP contribution in [-0.4, -0.2) is 53.1 Å². The van der Waals surface area contributed by atoms with E-state index in [0.29, 0.717) is 18.9 Å². The van der Waals surface area contributed by atoms with Crippen LogP contribution in [0.15, 0.2) is 0 Å². The zero-order valence-corrected chi connectivity index (χ0v) is 13.0. The third kappa shape index (κ3) is 4.43. The minimum absolute atomic E-state index is 0.0510. The van der Waals surface area contributed by atoms with Gasteiger partial charge in [0.15, 0.2) is 0 Å². The van der Waals surface area contributed by atoms with Gasteiger partial charge in [0.05, 0.1) is 6.54 Å². The standard InChI is InChI=1S/C15H25N3O4/c1-10-5-2-3-6-11(10)16-15(22)17-13(19)9-18-8-4-7-12(18)14(20)21/h10-12H,2-9H2,1H3,(H,20,21)(H2,16,17,19,22). The largest absolute Gasteiger partial charge is 0.480 e. The van der Waals surface area contributed by atoms with Crippen LogP contribution in [0.2, 0.25) is 0 Å². The Balaban J connectivity index is 1.76. The molecular formula is C15H25N3O4. The molecule has 3 N–H and O–H groups in total. The summed E-state index contributed by atoms with van der Waals surface area (Å²) in [5.74, 6) is -0.940. The van der Waals surface area contributed by atoms with Crippen molar-refractivity contribution in [3.8, 4) is 0 Å². The van der Waals surface area contributed by atoms with Gasteiger partial charge in [0.2, 0.25) is 5.91 Å². The molecule has 3 amide bonds. The molecular weight excluding hydrogens is 286 g/mol. The second-order valence-corrected chi connectivity index (χ2v) is 6.36. The average Bonchev–Trinajstić information content (AvgIpc) is 2.89. The molecule has 2 fully saturated rings. The van der Waals surface area contributed by atoms with Crippen molar-refractivity contribution in [2.45, 2.75) is 57.5 Å².